The second-order valence-corrected chi connectivity index (χ2v) is 5.65. The van der Waals surface area contributed by atoms with Crippen LogP contribution in [-0.4, -0.2) is 30.0 Å². The molecule has 1 aliphatic heterocycles. The molecule has 1 heterocycles. The van der Waals surface area contributed by atoms with Crippen molar-refractivity contribution in [2.45, 2.75) is 26.3 Å². The average molecular weight is 273 g/mol. The summed E-state index contributed by atoms with van der Waals surface area (Å²) in [6.45, 7) is 9.88. The number of ether oxygens (including phenoxy) is 1. The quantitative estimate of drug-likeness (QED) is 0.479. The molecule has 0 aromatic heterocycles. The molecule has 0 N–H and O–H groups in total. The Kier molecular flexibility index (Phi) is 4.96. The van der Waals surface area contributed by atoms with E-state index in [0.29, 0.717) is 17.7 Å². The minimum Gasteiger partial charge on any atom is -0.426 e. The molecule has 0 amide bonds. The van der Waals surface area contributed by atoms with Gasteiger partial charge in [0.2, 0.25) is 0 Å². The Balaban J connectivity index is 1.98. The van der Waals surface area contributed by atoms with E-state index in [1.165, 1.54) is 0 Å². The van der Waals surface area contributed by atoms with Crippen LogP contribution >= 0.6 is 0 Å². The minimum absolute atomic E-state index is 0.0220. The van der Waals surface area contributed by atoms with Crippen molar-refractivity contribution in [2.75, 3.05) is 13.1 Å². The SMILES string of the molecule is C=CCN1CC(C)C(C(=O)Oc2ccccc2)CC1C. The third-order valence-electron chi connectivity index (χ3n) is 4.06. The molecule has 20 heavy (non-hydrogen) atoms. The maximum absolute atomic E-state index is 12.3. The zero-order chi connectivity index (χ0) is 14.5. The lowest BCUT2D eigenvalue weighted by molar-refractivity contribution is -0.143. The summed E-state index contributed by atoms with van der Waals surface area (Å²) in [6, 6.07) is 9.69. The van der Waals surface area contributed by atoms with Crippen molar-refractivity contribution in [2.24, 2.45) is 11.8 Å². The Morgan fingerprint density at radius 3 is 2.75 bits per heavy atom. The number of para-hydroxylation sites is 1. The maximum Gasteiger partial charge on any atom is 0.314 e. The predicted octanol–water partition coefficient (Wildman–Crippen LogP) is 3.12. The first-order valence-corrected chi connectivity index (χ1v) is 7.23. The van der Waals surface area contributed by atoms with Crippen molar-refractivity contribution in [3.63, 3.8) is 0 Å². The average Bonchev–Trinajstić information content (AvgIpc) is 2.43. The number of hydrogen-bond acceptors (Lipinski definition) is 3. The van der Waals surface area contributed by atoms with Crippen LogP contribution in [0, 0.1) is 11.8 Å². The second kappa shape index (κ2) is 6.71. The standard InChI is InChI=1S/C17H23NO2/c1-4-10-18-12-13(2)16(11-14(18)3)17(19)20-15-8-6-5-7-9-15/h4-9,13-14,16H,1,10-12H2,2-3H3. The molecule has 1 saturated heterocycles. The topological polar surface area (TPSA) is 29.5 Å². The lowest BCUT2D eigenvalue weighted by Gasteiger charge is -2.40. The molecular formula is C17H23NO2. The molecule has 3 atom stereocenters. The number of likely N-dealkylation sites (tertiary alicyclic amines) is 1. The first-order valence-electron chi connectivity index (χ1n) is 7.23. The van der Waals surface area contributed by atoms with E-state index in [1.807, 2.05) is 36.4 Å². The number of esters is 1. The highest BCUT2D eigenvalue weighted by atomic mass is 16.5. The van der Waals surface area contributed by atoms with Crippen molar-refractivity contribution < 1.29 is 9.53 Å². The van der Waals surface area contributed by atoms with Gasteiger partial charge in [-0.05, 0) is 31.4 Å². The van der Waals surface area contributed by atoms with Crippen LogP contribution in [0.25, 0.3) is 0 Å². The lowest BCUT2D eigenvalue weighted by atomic mass is 9.83. The van der Waals surface area contributed by atoms with Crippen molar-refractivity contribution in [1.29, 1.82) is 0 Å². The van der Waals surface area contributed by atoms with Crippen LogP contribution in [-0.2, 0) is 4.79 Å². The summed E-state index contributed by atoms with van der Waals surface area (Å²) in [5.74, 6) is 0.813. The van der Waals surface area contributed by atoms with E-state index in [-0.39, 0.29) is 11.9 Å². The van der Waals surface area contributed by atoms with Crippen LogP contribution in [0.4, 0.5) is 0 Å². The molecule has 1 aromatic carbocycles. The molecule has 0 bridgehead atoms. The van der Waals surface area contributed by atoms with Crippen LogP contribution < -0.4 is 4.74 Å². The molecule has 3 nitrogen and oxygen atoms in total. The molecule has 0 saturated carbocycles. The van der Waals surface area contributed by atoms with Crippen molar-refractivity contribution in [3.8, 4) is 5.75 Å². The largest absolute Gasteiger partial charge is 0.426 e. The number of piperidine rings is 1. The third kappa shape index (κ3) is 3.48. The fraction of sp³-hybridized carbons (Fsp3) is 0.471. The first-order chi connectivity index (χ1) is 9.61. The van der Waals surface area contributed by atoms with Gasteiger partial charge in [0.1, 0.15) is 5.75 Å². The van der Waals surface area contributed by atoms with Crippen molar-refractivity contribution in [1.82, 2.24) is 4.90 Å². The summed E-state index contributed by atoms with van der Waals surface area (Å²) >= 11 is 0. The van der Waals surface area contributed by atoms with Crippen LogP contribution in [0.1, 0.15) is 20.3 Å². The fourth-order valence-electron chi connectivity index (χ4n) is 2.86. The maximum atomic E-state index is 12.3. The normalized spacial score (nSPS) is 27.0. The number of hydrogen-bond donors (Lipinski definition) is 0. The summed E-state index contributed by atoms with van der Waals surface area (Å²) < 4.78 is 5.49. The number of benzene rings is 1. The third-order valence-corrected chi connectivity index (χ3v) is 4.06. The van der Waals surface area contributed by atoms with Gasteiger partial charge in [0.15, 0.2) is 0 Å². The van der Waals surface area contributed by atoms with Crippen LogP contribution in [0.3, 0.4) is 0 Å². The van der Waals surface area contributed by atoms with Gasteiger partial charge in [-0.15, -0.1) is 6.58 Å². The molecule has 1 aliphatic rings. The van der Waals surface area contributed by atoms with E-state index in [0.717, 1.165) is 19.5 Å². The molecule has 1 fully saturated rings. The predicted molar refractivity (Wildman–Crippen MR) is 80.6 cm³/mol. The zero-order valence-corrected chi connectivity index (χ0v) is 12.3. The van der Waals surface area contributed by atoms with Crippen LogP contribution in [0.15, 0.2) is 43.0 Å². The highest BCUT2D eigenvalue weighted by molar-refractivity contribution is 5.75. The van der Waals surface area contributed by atoms with Gasteiger partial charge in [-0.25, -0.2) is 0 Å². The lowest BCUT2D eigenvalue weighted by Crippen LogP contribution is -2.48. The molecule has 0 spiro atoms. The Morgan fingerprint density at radius 2 is 2.10 bits per heavy atom. The van der Waals surface area contributed by atoms with Gasteiger partial charge < -0.3 is 4.74 Å². The summed E-state index contributed by atoms with van der Waals surface area (Å²) in [4.78, 5) is 14.7. The molecule has 2 rings (SSSR count). The highest BCUT2D eigenvalue weighted by Crippen LogP contribution is 2.29. The molecule has 3 unspecified atom stereocenters. The van der Waals surface area contributed by atoms with Crippen LogP contribution in [0.5, 0.6) is 5.75 Å². The van der Waals surface area contributed by atoms with E-state index in [9.17, 15) is 4.79 Å². The second-order valence-electron chi connectivity index (χ2n) is 5.65. The Hall–Kier alpha value is -1.61. The van der Waals surface area contributed by atoms with Crippen molar-refractivity contribution >= 4 is 5.97 Å². The van der Waals surface area contributed by atoms with E-state index < -0.39 is 0 Å². The number of carbonyl (C=O) groups is 1. The van der Waals surface area contributed by atoms with E-state index in [1.54, 1.807) is 0 Å². The van der Waals surface area contributed by atoms with E-state index in [4.69, 9.17) is 4.74 Å². The van der Waals surface area contributed by atoms with Gasteiger partial charge in [-0.3, -0.25) is 9.69 Å². The minimum atomic E-state index is -0.103. The monoisotopic (exact) mass is 273 g/mol. The van der Waals surface area contributed by atoms with Gasteiger partial charge in [0, 0.05) is 19.1 Å². The summed E-state index contributed by atoms with van der Waals surface area (Å²) in [5.41, 5.74) is 0. The van der Waals surface area contributed by atoms with Gasteiger partial charge in [0.05, 0.1) is 5.92 Å². The molecule has 1 aromatic rings. The van der Waals surface area contributed by atoms with E-state index >= 15 is 0 Å². The fourth-order valence-corrected chi connectivity index (χ4v) is 2.86. The first kappa shape index (κ1) is 14.8. The summed E-state index contributed by atoms with van der Waals surface area (Å²) in [7, 11) is 0. The van der Waals surface area contributed by atoms with Gasteiger partial charge in [-0.2, -0.15) is 0 Å². The van der Waals surface area contributed by atoms with Crippen LogP contribution in [0.2, 0.25) is 0 Å². The van der Waals surface area contributed by atoms with Gasteiger partial charge in [0.25, 0.3) is 0 Å². The van der Waals surface area contributed by atoms with Gasteiger partial charge in [-0.1, -0.05) is 31.2 Å². The molecule has 3 heteroatoms. The smallest absolute Gasteiger partial charge is 0.314 e. The zero-order valence-electron chi connectivity index (χ0n) is 12.3. The molecule has 0 aliphatic carbocycles. The van der Waals surface area contributed by atoms with Crippen molar-refractivity contribution in [3.05, 3.63) is 43.0 Å². The summed E-state index contributed by atoms with van der Waals surface area (Å²) in [5, 5.41) is 0. The molecule has 108 valence electrons. The molecular weight excluding hydrogens is 250 g/mol. The molecule has 0 radical (unpaired) electrons. The summed E-state index contributed by atoms with van der Waals surface area (Å²) in [6.07, 6.45) is 2.77. The van der Waals surface area contributed by atoms with Gasteiger partial charge >= 0.3 is 5.97 Å². The van der Waals surface area contributed by atoms with E-state index in [2.05, 4.69) is 25.3 Å². The Bertz CT molecular complexity index is 457. The highest BCUT2D eigenvalue weighted by Gasteiger charge is 2.35. The number of nitrogens with zero attached hydrogens (tertiary/aromatic N) is 1. The Labute approximate surface area is 121 Å². The number of carbonyl (C=O) groups excluding carboxylic acids is 1. The Morgan fingerprint density at radius 1 is 1.40 bits per heavy atom. The number of rotatable bonds is 4.